The number of pyridine rings is 1. The number of fused-ring (bicyclic) bond motifs is 1. The molecule has 0 aliphatic rings. The Morgan fingerprint density at radius 2 is 2.12 bits per heavy atom. The minimum atomic E-state index is -0.427. The first-order valence-electron chi connectivity index (χ1n) is 7.72. The molecule has 0 saturated heterocycles. The summed E-state index contributed by atoms with van der Waals surface area (Å²) >= 11 is 6.08. The third-order valence-electron chi connectivity index (χ3n) is 3.74. The van der Waals surface area contributed by atoms with Crippen LogP contribution in [0.1, 0.15) is 5.69 Å². The lowest BCUT2D eigenvalue weighted by Crippen LogP contribution is -1.97. The Bertz CT molecular complexity index is 1070. The van der Waals surface area contributed by atoms with E-state index in [1.54, 1.807) is 12.2 Å². The summed E-state index contributed by atoms with van der Waals surface area (Å²) in [5.74, 6) is 2.31. The number of anilines is 1. The highest BCUT2D eigenvalue weighted by Gasteiger charge is 2.10. The summed E-state index contributed by atoms with van der Waals surface area (Å²) in [6, 6.07) is 6.92. The minimum absolute atomic E-state index is 0.366. The van der Waals surface area contributed by atoms with E-state index in [-0.39, 0.29) is 0 Å². The van der Waals surface area contributed by atoms with Crippen molar-refractivity contribution in [3.63, 3.8) is 0 Å². The zero-order chi connectivity index (χ0) is 18.5. The molecule has 0 bridgehead atoms. The van der Waals surface area contributed by atoms with E-state index in [1.807, 2.05) is 18.2 Å². The molecule has 0 spiro atoms. The van der Waals surface area contributed by atoms with E-state index in [2.05, 4.69) is 20.9 Å². The van der Waals surface area contributed by atoms with Crippen molar-refractivity contribution in [1.29, 1.82) is 0 Å². The molecule has 0 fully saturated rings. The predicted molar refractivity (Wildman–Crippen MR) is 103 cm³/mol. The van der Waals surface area contributed by atoms with E-state index in [0.29, 0.717) is 33.9 Å². The number of benzene rings is 1. The number of halogens is 2. The quantitative estimate of drug-likeness (QED) is 0.554. The number of rotatable bonds is 4. The molecule has 4 nitrogen and oxygen atoms in total. The summed E-state index contributed by atoms with van der Waals surface area (Å²) in [6.07, 6.45) is 13.0. The van der Waals surface area contributed by atoms with Crippen LogP contribution in [0, 0.1) is 18.2 Å². The molecule has 3 rings (SSSR count). The van der Waals surface area contributed by atoms with Crippen molar-refractivity contribution < 1.29 is 4.39 Å². The van der Waals surface area contributed by atoms with E-state index in [4.69, 9.17) is 23.8 Å². The fourth-order valence-electron chi connectivity index (χ4n) is 2.51. The third kappa shape index (κ3) is 3.88. The number of terminal acetylenes is 1. The van der Waals surface area contributed by atoms with Gasteiger partial charge in [0.25, 0.3) is 0 Å². The Labute approximate surface area is 155 Å². The number of hydrogen-bond donors (Lipinski definition) is 1. The van der Waals surface area contributed by atoms with E-state index in [9.17, 15) is 4.39 Å². The van der Waals surface area contributed by atoms with Crippen molar-refractivity contribution in [2.75, 3.05) is 5.73 Å². The number of allylic oxidation sites excluding steroid dienone is 4. The topological polar surface area (TPSA) is 64.7 Å². The van der Waals surface area contributed by atoms with Crippen LogP contribution in [-0.4, -0.2) is 15.0 Å². The zero-order valence-electron chi connectivity index (χ0n) is 13.7. The molecule has 0 amide bonds. The van der Waals surface area contributed by atoms with Gasteiger partial charge in [0, 0.05) is 22.4 Å². The van der Waals surface area contributed by atoms with Crippen molar-refractivity contribution in [2.45, 2.75) is 6.42 Å². The molecule has 26 heavy (non-hydrogen) atoms. The second-order valence-corrected chi connectivity index (χ2v) is 5.87. The molecule has 0 saturated carbocycles. The Morgan fingerprint density at radius 3 is 2.92 bits per heavy atom. The van der Waals surface area contributed by atoms with Crippen LogP contribution in [-0.2, 0) is 6.42 Å². The number of hydrogen-bond acceptors (Lipinski definition) is 4. The summed E-state index contributed by atoms with van der Waals surface area (Å²) in [4.78, 5) is 12.4. The van der Waals surface area contributed by atoms with Crippen LogP contribution < -0.4 is 5.73 Å². The van der Waals surface area contributed by atoms with E-state index in [0.717, 1.165) is 11.1 Å². The average Bonchev–Trinajstić information content (AvgIpc) is 2.65. The van der Waals surface area contributed by atoms with Gasteiger partial charge in [0.1, 0.15) is 18.0 Å². The predicted octanol–water partition coefficient (Wildman–Crippen LogP) is 4.27. The van der Waals surface area contributed by atoms with E-state index < -0.39 is 5.82 Å². The monoisotopic (exact) mass is 364 g/mol. The lowest BCUT2D eigenvalue weighted by Gasteiger charge is -2.09. The standard InChI is InChI=1S/C20H14ClFN4/c1-2-3-4-14(21)6-8-18-16(10-15(22)11-24-18)13-5-7-19-17(9-13)20(23)26-12-25-19/h1,3-7,9-12H,8H2,(H2,23,25,26)/b4-3-,14-6+. The highest BCUT2D eigenvalue weighted by atomic mass is 35.5. The van der Waals surface area contributed by atoms with E-state index >= 15 is 0 Å². The SMILES string of the molecule is C#C/C=C\C(Cl)=C/Cc1ncc(F)cc1-c1ccc2ncnc(N)c2c1. The molecular formula is C20H14ClFN4. The largest absolute Gasteiger partial charge is 0.383 e. The van der Waals surface area contributed by atoms with Gasteiger partial charge in [-0.05, 0) is 35.9 Å². The van der Waals surface area contributed by atoms with Crippen LogP contribution in [0.25, 0.3) is 22.0 Å². The number of aromatic nitrogens is 3. The van der Waals surface area contributed by atoms with Crippen molar-refractivity contribution >= 4 is 28.3 Å². The van der Waals surface area contributed by atoms with Gasteiger partial charge in [-0.2, -0.15) is 0 Å². The second-order valence-electron chi connectivity index (χ2n) is 5.43. The Balaban J connectivity index is 2.05. The van der Waals surface area contributed by atoms with Crippen LogP contribution in [0.2, 0.25) is 0 Å². The summed E-state index contributed by atoms with van der Waals surface area (Å²) in [7, 11) is 0. The highest BCUT2D eigenvalue weighted by molar-refractivity contribution is 6.31. The first kappa shape index (κ1) is 17.6. The van der Waals surface area contributed by atoms with Gasteiger partial charge in [-0.15, -0.1) is 6.42 Å². The van der Waals surface area contributed by atoms with Gasteiger partial charge in [-0.3, -0.25) is 4.98 Å². The maximum Gasteiger partial charge on any atom is 0.142 e. The van der Waals surface area contributed by atoms with Crippen LogP contribution >= 0.6 is 11.6 Å². The van der Waals surface area contributed by atoms with Crippen molar-refractivity contribution in [3.05, 3.63) is 71.6 Å². The molecule has 1 aromatic carbocycles. The normalized spacial score (nSPS) is 11.8. The second kappa shape index (κ2) is 7.77. The molecule has 0 unspecified atom stereocenters. The smallest absolute Gasteiger partial charge is 0.142 e. The van der Waals surface area contributed by atoms with E-state index in [1.165, 1.54) is 24.7 Å². The Morgan fingerprint density at radius 1 is 1.27 bits per heavy atom. The van der Waals surface area contributed by atoms with Gasteiger partial charge in [0.2, 0.25) is 0 Å². The lowest BCUT2D eigenvalue weighted by atomic mass is 10.00. The summed E-state index contributed by atoms with van der Waals surface area (Å²) in [6.45, 7) is 0. The molecule has 2 N–H and O–H groups in total. The Kier molecular flexibility index (Phi) is 5.26. The molecule has 3 aromatic rings. The molecule has 0 aliphatic carbocycles. The summed E-state index contributed by atoms with van der Waals surface area (Å²) in [5.41, 5.74) is 8.73. The van der Waals surface area contributed by atoms with Crippen LogP contribution in [0.15, 0.2) is 60.0 Å². The van der Waals surface area contributed by atoms with Gasteiger partial charge in [0.15, 0.2) is 0 Å². The molecule has 0 radical (unpaired) electrons. The number of nitrogen functional groups attached to an aromatic ring is 1. The maximum atomic E-state index is 13.8. The van der Waals surface area contributed by atoms with Crippen LogP contribution in [0.5, 0.6) is 0 Å². The molecule has 0 atom stereocenters. The van der Waals surface area contributed by atoms with Crippen molar-refractivity contribution in [3.8, 4) is 23.5 Å². The molecule has 2 heterocycles. The maximum absolute atomic E-state index is 13.8. The summed E-state index contributed by atoms with van der Waals surface area (Å²) < 4.78 is 13.8. The van der Waals surface area contributed by atoms with Crippen LogP contribution in [0.4, 0.5) is 10.2 Å². The van der Waals surface area contributed by atoms with Gasteiger partial charge < -0.3 is 5.73 Å². The van der Waals surface area contributed by atoms with Crippen molar-refractivity contribution in [2.24, 2.45) is 0 Å². The summed E-state index contributed by atoms with van der Waals surface area (Å²) in [5, 5.41) is 1.18. The van der Waals surface area contributed by atoms with Crippen molar-refractivity contribution in [1.82, 2.24) is 15.0 Å². The van der Waals surface area contributed by atoms with Gasteiger partial charge in [-0.1, -0.05) is 29.7 Å². The zero-order valence-corrected chi connectivity index (χ0v) is 14.4. The van der Waals surface area contributed by atoms with Gasteiger partial charge in [-0.25, -0.2) is 14.4 Å². The fraction of sp³-hybridized carbons (Fsp3) is 0.0500. The molecule has 6 heteroatoms. The van der Waals surface area contributed by atoms with Gasteiger partial charge in [0.05, 0.1) is 17.4 Å². The average molecular weight is 365 g/mol. The first-order chi connectivity index (χ1) is 12.6. The molecule has 0 aliphatic heterocycles. The molecule has 128 valence electrons. The third-order valence-corrected chi connectivity index (χ3v) is 4.02. The highest BCUT2D eigenvalue weighted by Crippen LogP contribution is 2.28. The van der Waals surface area contributed by atoms with Gasteiger partial charge >= 0.3 is 0 Å². The first-order valence-corrected chi connectivity index (χ1v) is 8.09. The molecular weight excluding hydrogens is 351 g/mol. The number of nitrogens with zero attached hydrogens (tertiary/aromatic N) is 3. The minimum Gasteiger partial charge on any atom is -0.383 e. The number of nitrogens with two attached hydrogens (primary N) is 1. The Hall–Kier alpha value is -3.23. The fourth-order valence-corrected chi connectivity index (χ4v) is 2.65. The molecule has 2 aromatic heterocycles. The van der Waals surface area contributed by atoms with Crippen LogP contribution in [0.3, 0.4) is 0 Å². The lowest BCUT2D eigenvalue weighted by molar-refractivity contribution is 0.620.